The first-order valence-corrected chi connectivity index (χ1v) is 6.66. The lowest BCUT2D eigenvalue weighted by atomic mass is 9.95. The van der Waals surface area contributed by atoms with Crippen molar-refractivity contribution in [1.82, 2.24) is 15.1 Å². The molecule has 98 valence electrons. The first-order valence-electron chi connectivity index (χ1n) is 6.28. The minimum atomic E-state index is -0.225. The molecule has 3 rings (SSSR count). The minimum Gasteiger partial charge on any atom is -0.365 e. The average Bonchev–Trinajstić information content (AvgIpc) is 2.91. The van der Waals surface area contributed by atoms with Gasteiger partial charge >= 0.3 is 0 Å². The van der Waals surface area contributed by atoms with Crippen LogP contribution in [0.2, 0.25) is 5.02 Å². The van der Waals surface area contributed by atoms with Gasteiger partial charge in [-0.25, -0.2) is 4.68 Å². The number of nitrogens with zero attached hydrogens (tertiary/aromatic N) is 3. The third-order valence-corrected chi connectivity index (χ3v) is 4.66. The second-order valence-electron chi connectivity index (χ2n) is 5.25. The predicted molar refractivity (Wildman–Crippen MR) is 71.1 cm³/mol. The molecule has 2 aliphatic heterocycles. The van der Waals surface area contributed by atoms with E-state index < -0.39 is 0 Å². The van der Waals surface area contributed by atoms with Gasteiger partial charge in [-0.05, 0) is 18.8 Å². The van der Waals surface area contributed by atoms with Gasteiger partial charge in [0.15, 0.2) is 0 Å². The highest BCUT2D eigenvalue weighted by Gasteiger charge is 2.42. The van der Waals surface area contributed by atoms with Crippen molar-refractivity contribution in [2.45, 2.75) is 13.0 Å². The molecule has 2 saturated heterocycles. The molecule has 0 amide bonds. The monoisotopic (exact) mass is 268 g/mol. The van der Waals surface area contributed by atoms with Gasteiger partial charge in [-0.1, -0.05) is 11.6 Å². The Hall–Kier alpha value is -1.07. The average molecular weight is 269 g/mol. The smallest absolute Gasteiger partial charge is 0.287 e. The van der Waals surface area contributed by atoms with E-state index in [-0.39, 0.29) is 10.6 Å². The van der Waals surface area contributed by atoms with Crippen LogP contribution < -0.4 is 15.8 Å². The Morgan fingerprint density at radius 1 is 1.50 bits per heavy atom. The Kier molecular flexibility index (Phi) is 2.83. The molecule has 1 aromatic rings. The van der Waals surface area contributed by atoms with Crippen LogP contribution in [0, 0.1) is 11.8 Å². The number of halogens is 1. The van der Waals surface area contributed by atoms with Crippen molar-refractivity contribution in [3.8, 4) is 0 Å². The second-order valence-corrected chi connectivity index (χ2v) is 5.63. The van der Waals surface area contributed by atoms with Crippen molar-refractivity contribution >= 4 is 17.3 Å². The highest BCUT2D eigenvalue weighted by molar-refractivity contribution is 6.33. The SMILES string of the molecule is CC1C2CNCC2CN1c1cnn(C)c(=O)c1Cl. The van der Waals surface area contributed by atoms with Crippen LogP contribution in [0.4, 0.5) is 5.69 Å². The summed E-state index contributed by atoms with van der Waals surface area (Å²) in [7, 11) is 1.62. The summed E-state index contributed by atoms with van der Waals surface area (Å²) in [6.45, 7) is 5.26. The molecule has 1 N–H and O–H groups in total. The van der Waals surface area contributed by atoms with Crippen LogP contribution >= 0.6 is 11.6 Å². The van der Waals surface area contributed by atoms with Gasteiger partial charge in [-0.3, -0.25) is 4.79 Å². The fourth-order valence-electron chi connectivity index (χ4n) is 3.19. The van der Waals surface area contributed by atoms with Crippen molar-refractivity contribution in [2.75, 3.05) is 24.5 Å². The van der Waals surface area contributed by atoms with E-state index in [2.05, 4.69) is 22.2 Å². The summed E-state index contributed by atoms with van der Waals surface area (Å²) in [4.78, 5) is 14.1. The summed E-state index contributed by atoms with van der Waals surface area (Å²) in [6.07, 6.45) is 1.70. The first-order chi connectivity index (χ1) is 8.59. The van der Waals surface area contributed by atoms with Crippen LogP contribution in [-0.4, -0.2) is 35.5 Å². The molecule has 5 nitrogen and oxygen atoms in total. The molecule has 3 atom stereocenters. The van der Waals surface area contributed by atoms with Crippen molar-refractivity contribution in [3.63, 3.8) is 0 Å². The van der Waals surface area contributed by atoms with E-state index in [0.717, 1.165) is 25.3 Å². The van der Waals surface area contributed by atoms with Gasteiger partial charge in [0.2, 0.25) is 0 Å². The number of nitrogens with one attached hydrogen (secondary N) is 1. The number of fused-ring (bicyclic) bond motifs is 1. The zero-order valence-electron chi connectivity index (χ0n) is 10.6. The van der Waals surface area contributed by atoms with Crippen molar-refractivity contribution in [1.29, 1.82) is 0 Å². The second kappa shape index (κ2) is 4.24. The Bertz CT molecular complexity index is 529. The standard InChI is InChI=1S/C12H17ClN4O/c1-7-9-4-14-3-8(9)6-17(7)10-5-15-16(2)12(18)11(10)13/h5,7-9,14H,3-4,6H2,1-2H3. The fourth-order valence-corrected chi connectivity index (χ4v) is 3.47. The maximum Gasteiger partial charge on any atom is 0.287 e. The highest BCUT2D eigenvalue weighted by Crippen LogP contribution is 2.37. The molecule has 2 fully saturated rings. The molecule has 3 unspecified atom stereocenters. The number of hydrogen-bond acceptors (Lipinski definition) is 4. The van der Waals surface area contributed by atoms with Gasteiger partial charge in [0.25, 0.3) is 5.56 Å². The molecule has 1 aromatic heterocycles. The van der Waals surface area contributed by atoms with Gasteiger partial charge in [0.05, 0.1) is 11.9 Å². The Balaban J connectivity index is 1.97. The number of hydrogen-bond donors (Lipinski definition) is 1. The summed E-state index contributed by atoms with van der Waals surface area (Å²) < 4.78 is 1.27. The van der Waals surface area contributed by atoms with Crippen molar-refractivity contribution in [2.24, 2.45) is 18.9 Å². The zero-order valence-corrected chi connectivity index (χ0v) is 11.3. The lowest BCUT2D eigenvalue weighted by molar-refractivity contribution is 0.471. The summed E-state index contributed by atoms with van der Waals surface area (Å²) in [5, 5.41) is 7.78. The van der Waals surface area contributed by atoms with Crippen LogP contribution in [0.1, 0.15) is 6.92 Å². The fraction of sp³-hybridized carbons (Fsp3) is 0.667. The number of rotatable bonds is 1. The van der Waals surface area contributed by atoms with Crippen molar-refractivity contribution in [3.05, 3.63) is 21.6 Å². The van der Waals surface area contributed by atoms with E-state index in [1.54, 1.807) is 13.2 Å². The lowest BCUT2D eigenvalue weighted by Crippen LogP contribution is -2.35. The Morgan fingerprint density at radius 2 is 2.28 bits per heavy atom. The van der Waals surface area contributed by atoms with Gasteiger partial charge < -0.3 is 10.2 Å². The van der Waals surface area contributed by atoms with E-state index in [1.165, 1.54) is 4.68 Å². The third kappa shape index (κ3) is 1.65. The normalized spacial score (nSPS) is 30.8. The summed E-state index contributed by atoms with van der Waals surface area (Å²) in [5.74, 6) is 1.30. The first kappa shape index (κ1) is 12.0. The van der Waals surface area contributed by atoms with Crippen molar-refractivity contribution < 1.29 is 0 Å². The third-order valence-electron chi connectivity index (χ3n) is 4.30. The minimum absolute atomic E-state index is 0.225. The molecule has 0 aliphatic carbocycles. The van der Waals surface area contributed by atoms with Crippen LogP contribution in [0.5, 0.6) is 0 Å². The van der Waals surface area contributed by atoms with Gasteiger partial charge in [0.1, 0.15) is 5.02 Å². The van der Waals surface area contributed by atoms with Crippen LogP contribution in [0.15, 0.2) is 11.0 Å². The molecule has 18 heavy (non-hydrogen) atoms. The topological polar surface area (TPSA) is 50.2 Å². The maximum atomic E-state index is 11.8. The maximum absolute atomic E-state index is 11.8. The highest BCUT2D eigenvalue weighted by atomic mass is 35.5. The van der Waals surface area contributed by atoms with E-state index in [1.807, 2.05) is 0 Å². The summed E-state index contributed by atoms with van der Waals surface area (Å²) in [5.41, 5.74) is 0.554. The molecule has 0 aromatic carbocycles. The van der Waals surface area contributed by atoms with E-state index >= 15 is 0 Å². The summed E-state index contributed by atoms with van der Waals surface area (Å²) in [6, 6.07) is 0.399. The van der Waals surface area contributed by atoms with E-state index in [0.29, 0.717) is 17.9 Å². The molecule has 0 bridgehead atoms. The summed E-state index contributed by atoms with van der Waals surface area (Å²) >= 11 is 6.17. The number of anilines is 1. The largest absolute Gasteiger partial charge is 0.365 e. The van der Waals surface area contributed by atoms with E-state index in [4.69, 9.17) is 11.6 Å². The quantitative estimate of drug-likeness (QED) is 0.805. The molecular weight excluding hydrogens is 252 g/mol. The molecule has 0 spiro atoms. The van der Waals surface area contributed by atoms with E-state index in [9.17, 15) is 4.79 Å². The van der Waals surface area contributed by atoms with Crippen LogP contribution in [0.3, 0.4) is 0 Å². The van der Waals surface area contributed by atoms with Gasteiger partial charge in [0, 0.05) is 32.7 Å². The lowest BCUT2D eigenvalue weighted by Gasteiger charge is -2.26. The van der Waals surface area contributed by atoms with Gasteiger partial charge in [-0.15, -0.1) is 0 Å². The Labute approximate surface area is 111 Å². The number of aromatic nitrogens is 2. The molecule has 2 aliphatic rings. The zero-order chi connectivity index (χ0) is 12.9. The van der Waals surface area contributed by atoms with Gasteiger partial charge in [-0.2, -0.15) is 5.10 Å². The predicted octanol–water partition coefficient (Wildman–Crippen LogP) is 0.478. The number of aryl methyl sites for hydroxylation is 1. The molecular formula is C12H17ClN4O. The van der Waals surface area contributed by atoms with Crippen LogP contribution in [0.25, 0.3) is 0 Å². The molecule has 0 radical (unpaired) electrons. The molecule has 0 saturated carbocycles. The molecule has 6 heteroatoms. The molecule has 3 heterocycles. The Morgan fingerprint density at radius 3 is 3.00 bits per heavy atom. The van der Waals surface area contributed by atoms with Crippen LogP contribution in [-0.2, 0) is 7.05 Å².